The van der Waals surface area contributed by atoms with Crippen molar-refractivity contribution < 1.29 is 0 Å². The summed E-state index contributed by atoms with van der Waals surface area (Å²) in [5.74, 6) is 0. The van der Waals surface area contributed by atoms with Crippen LogP contribution in [0.25, 0.3) is 44.6 Å². The number of hydrogen-bond donors (Lipinski definition) is 2. The molecule has 0 aliphatic carbocycles. The highest BCUT2D eigenvalue weighted by molar-refractivity contribution is 9.10. The van der Waals surface area contributed by atoms with Crippen LogP contribution in [0.1, 0.15) is 0 Å². The van der Waals surface area contributed by atoms with Gasteiger partial charge in [-0.25, -0.2) is 18.7 Å². The quantitative estimate of drug-likeness (QED) is 0.160. The van der Waals surface area contributed by atoms with Gasteiger partial charge in [-0.1, -0.05) is 125 Å². The number of fused-ring (bicyclic) bond motifs is 2. The molecule has 0 fully saturated rings. The Labute approximate surface area is 369 Å². The van der Waals surface area contributed by atoms with Crippen LogP contribution < -0.4 is 33.5 Å². The summed E-state index contributed by atoms with van der Waals surface area (Å²) in [5, 5.41) is 4.25. The molecule has 8 aromatic carbocycles. The third-order valence-electron chi connectivity index (χ3n) is 9.99. The molecule has 0 amide bonds. The van der Waals surface area contributed by atoms with Gasteiger partial charge >= 0.3 is 11.4 Å². The minimum atomic E-state index is -0.404. The molecule has 0 saturated carbocycles. The fourth-order valence-corrected chi connectivity index (χ4v) is 7.44. The number of nitrogens with one attached hydrogen (secondary N) is 1. The monoisotopic (exact) mass is 890 g/mol. The Hall–Kier alpha value is -8.28. The summed E-state index contributed by atoms with van der Waals surface area (Å²) in [6.07, 6.45) is 0. The van der Waals surface area contributed by atoms with Crippen molar-refractivity contribution in [2.24, 2.45) is 0 Å². The van der Waals surface area contributed by atoms with E-state index in [9.17, 15) is 19.2 Å². The molecule has 10 aromatic rings. The van der Waals surface area contributed by atoms with Gasteiger partial charge in [0.15, 0.2) is 0 Å². The van der Waals surface area contributed by atoms with Crippen LogP contribution in [0.15, 0.2) is 242 Å². The first-order valence-electron chi connectivity index (χ1n) is 19.9. The van der Waals surface area contributed by atoms with Crippen molar-refractivity contribution in [3.63, 3.8) is 0 Å². The van der Waals surface area contributed by atoms with E-state index >= 15 is 0 Å². The van der Waals surface area contributed by atoms with Gasteiger partial charge in [-0.05, 0) is 109 Å². The number of anilines is 3. The second kappa shape index (κ2) is 19.0. The lowest BCUT2D eigenvalue weighted by Crippen LogP contribution is -2.38. The van der Waals surface area contributed by atoms with Gasteiger partial charge in [0.25, 0.3) is 11.1 Å². The van der Waals surface area contributed by atoms with Crippen molar-refractivity contribution in [3.8, 4) is 22.7 Å². The van der Waals surface area contributed by atoms with E-state index in [0.29, 0.717) is 44.6 Å². The zero-order valence-corrected chi connectivity index (χ0v) is 35.2. The summed E-state index contributed by atoms with van der Waals surface area (Å²) in [6, 6.07) is 66.7. The molecule has 0 bridgehead atoms. The SMILES string of the molecule is Nc1ccccc1.O=c1c2cc(Br)ccc2n(-c2ccccc2)c(=O)n1-c1ccccc1.O=c1c2cc(Nc3ccccc3)ccc2n(-c2ccccc2)c(=O)n1-c1ccccc1. The number of aromatic nitrogens is 4. The summed E-state index contributed by atoms with van der Waals surface area (Å²) >= 11 is 3.41. The lowest BCUT2D eigenvalue weighted by Gasteiger charge is -2.15. The lowest BCUT2D eigenvalue weighted by atomic mass is 10.2. The van der Waals surface area contributed by atoms with E-state index in [1.807, 2.05) is 164 Å². The van der Waals surface area contributed by atoms with Gasteiger partial charge in [0.1, 0.15) is 0 Å². The number of hydrogen-bond acceptors (Lipinski definition) is 6. The smallest absolute Gasteiger partial charge is 0.340 e. The first kappa shape index (κ1) is 41.5. The molecule has 0 spiro atoms. The molecule has 2 aromatic heterocycles. The molecule has 0 unspecified atom stereocenters. The fourth-order valence-electron chi connectivity index (χ4n) is 7.08. The Morgan fingerprint density at radius 1 is 0.365 bits per heavy atom. The number of rotatable bonds is 6. The molecule has 0 saturated heterocycles. The molecule has 2 heterocycles. The van der Waals surface area contributed by atoms with Crippen LogP contribution in [0.2, 0.25) is 0 Å². The van der Waals surface area contributed by atoms with Crippen LogP contribution in [0.4, 0.5) is 17.1 Å². The van der Waals surface area contributed by atoms with Crippen molar-refractivity contribution in [1.29, 1.82) is 0 Å². The molecular formula is C52H39BrN6O4. The van der Waals surface area contributed by atoms with E-state index in [1.165, 1.54) is 9.13 Å². The first-order valence-corrected chi connectivity index (χ1v) is 20.7. The van der Waals surface area contributed by atoms with Gasteiger partial charge in [-0.2, -0.15) is 0 Å². The molecular weight excluding hydrogens is 853 g/mol. The van der Waals surface area contributed by atoms with E-state index in [-0.39, 0.29) is 11.1 Å². The third kappa shape index (κ3) is 9.09. The zero-order valence-electron chi connectivity index (χ0n) is 33.7. The predicted molar refractivity (Wildman–Crippen MR) is 259 cm³/mol. The largest absolute Gasteiger partial charge is 0.399 e. The highest BCUT2D eigenvalue weighted by Crippen LogP contribution is 2.23. The first-order chi connectivity index (χ1) is 30.8. The molecule has 0 atom stereocenters. The van der Waals surface area contributed by atoms with E-state index in [1.54, 1.807) is 63.7 Å². The van der Waals surface area contributed by atoms with Crippen LogP contribution >= 0.6 is 15.9 Å². The molecule has 11 heteroatoms. The average Bonchev–Trinajstić information content (AvgIpc) is 3.32. The Balaban J connectivity index is 0.000000152. The third-order valence-corrected chi connectivity index (χ3v) is 10.5. The zero-order chi connectivity index (χ0) is 43.7. The van der Waals surface area contributed by atoms with Gasteiger partial charge in [-0.3, -0.25) is 18.7 Å². The summed E-state index contributed by atoms with van der Waals surface area (Å²) in [6.45, 7) is 0. The topological polar surface area (TPSA) is 126 Å². The second-order valence-corrected chi connectivity index (χ2v) is 15.1. The number of para-hydroxylation sites is 6. The summed E-state index contributed by atoms with van der Waals surface area (Å²) in [7, 11) is 0. The van der Waals surface area contributed by atoms with Crippen LogP contribution in [-0.4, -0.2) is 18.3 Å². The highest BCUT2D eigenvalue weighted by Gasteiger charge is 2.18. The van der Waals surface area contributed by atoms with Crippen molar-refractivity contribution in [1.82, 2.24) is 18.3 Å². The summed E-state index contributed by atoms with van der Waals surface area (Å²) in [5.41, 5.74) is 10.0. The maximum Gasteiger partial charge on any atom is 0.340 e. The standard InChI is InChI=1S/C26H19N3O2.C20H13BrN2O2.C6H7N/c30-25-23-18-20(27-19-10-4-1-5-11-19)16-17-24(23)28(21-12-6-2-7-13-21)26(31)29(25)22-14-8-3-9-15-22;21-14-11-12-18-17(13-14)19(24)23(16-9-5-2-6-10-16)20(25)22(18)15-7-3-1-4-8-15;7-6-4-2-1-3-5-6/h1-18,27H;1-13H;1-5H,7H2. The van der Waals surface area contributed by atoms with Crippen LogP contribution in [-0.2, 0) is 0 Å². The van der Waals surface area contributed by atoms with E-state index in [0.717, 1.165) is 21.5 Å². The molecule has 308 valence electrons. The van der Waals surface area contributed by atoms with Crippen LogP contribution in [0.3, 0.4) is 0 Å². The Morgan fingerprint density at radius 2 is 0.714 bits per heavy atom. The lowest BCUT2D eigenvalue weighted by molar-refractivity contribution is 0.834. The number of nitrogens with two attached hydrogens (primary N) is 1. The van der Waals surface area contributed by atoms with Crippen LogP contribution in [0.5, 0.6) is 0 Å². The van der Waals surface area contributed by atoms with Gasteiger partial charge < -0.3 is 11.1 Å². The maximum absolute atomic E-state index is 13.5. The highest BCUT2D eigenvalue weighted by atomic mass is 79.9. The summed E-state index contributed by atoms with van der Waals surface area (Å²) in [4.78, 5) is 53.2. The molecule has 0 radical (unpaired) electrons. The molecule has 3 N–H and O–H groups in total. The van der Waals surface area contributed by atoms with E-state index in [4.69, 9.17) is 5.73 Å². The molecule has 10 nitrogen and oxygen atoms in total. The van der Waals surface area contributed by atoms with Crippen molar-refractivity contribution in [3.05, 3.63) is 265 Å². The predicted octanol–water partition coefficient (Wildman–Crippen LogP) is 10.1. The Kier molecular flexibility index (Phi) is 12.5. The van der Waals surface area contributed by atoms with Crippen molar-refractivity contribution in [2.45, 2.75) is 0 Å². The number of nitrogen functional groups attached to an aromatic ring is 1. The molecule has 10 rings (SSSR count). The van der Waals surface area contributed by atoms with E-state index in [2.05, 4.69) is 21.2 Å². The second-order valence-electron chi connectivity index (χ2n) is 14.2. The van der Waals surface area contributed by atoms with Gasteiger partial charge in [0.2, 0.25) is 0 Å². The fraction of sp³-hybridized carbons (Fsp3) is 0. The van der Waals surface area contributed by atoms with Gasteiger partial charge in [0.05, 0.1) is 44.6 Å². The maximum atomic E-state index is 13.5. The molecule has 0 aliphatic heterocycles. The summed E-state index contributed by atoms with van der Waals surface area (Å²) < 4.78 is 6.37. The van der Waals surface area contributed by atoms with Gasteiger partial charge in [0, 0.05) is 21.5 Å². The van der Waals surface area contributed by atoms with Crippen molar-refractivity contribution >= 4 is 54.8 Å². The number of benzene rings is 8. The molecule has 0 aliphatic rings. The average molecular weight is 892 g/mol. The van der Waals surface area contributed by atoms with E-state index < -0.39 is 11.4 Å². The van der Waals surface area contributed by atoms with Gasteiger partial charge in [-0.15, -0.1) is 0 Å². The Bertz CT molecular complexity index is 3400. The number of nitrogens with zero attached hydrogens (tertiary/aromatic N) is 4. The minimum Gasteiger partial charge on any atom is -0.399 e. The van der Waals surface area contributed by atoms with Crippen LogP contribution in [0, 0.1) is 0 Å². The van der Waals surface area contributed by atoms with Crippen molar-refractivity contribution in [2.75, 3.05) is 11.1 Å². The minimum absolute atomic E-state index is 0.334. The Morgan fingerprint density at radius 3 is 1.11 bits per heavy atom. The number of halogens is 1. The normalized spacial score (nSPS) is 10.6. The molecule has 63 heavy (non-hydrogen) atoms.